The molecule has 0 unspecified atom stereocenters. The van der Waals surface area contributed by atoms with Gasteiger partial charge in [0.25, 0.3) is 0 Å². The maximum Gasteiger partial charge on any atom is 0.164 e. The quantitative estimate of drug-likeness (QED) is 0.176. The Kier molecular flexibility index (Phi) is 7.03. The van der Waals surface area contributed by atoms with Gasteiger partial charge in [-0.3, -0.25) is 0 Å². The van der Waals surface area contributed by atoms with Gasteiger partial charge in [0.15, 0.2) is 17.5 Å². The van der Waals surface area contributed by atoms with Crippen LogP contribution in [0, 0.1) is 0 Å². The van der Waals surface area contributed by atoms with Crippen LogP contribution in [0.15, 0.2) is 186 Å². The van der Waals surface area contributed by atoms with Crippen molar-refractivity contribution in [3.8, 4) is 51.0 Å². The van der Waals surface area contributed by atoms with Crippen LogP contribution in [-0.4, -0.2) is 19.5 Å². The molecule has 0 aliphatic rings. The molecule has 12 aromatic rings. The van der Waals surface area contributed by atoms with Crippen LogP contribution in [0.2, 0.25) is 0 Å². The summed E-state index contributed by atoms with van der Waals surface area (Å²) in [6.07, 6.45) is 0. The smallest absolute Gasteiger partial charge is 0.164 e. The molecule has 0 saturated carbocycles. The molecule has 12 rings (SSSR count). The summed E-state index contributed by atoms with van der Waals surface area (Å²) in [6.45, 7) is 0. The Morgan fingerprint density at radius 3 is 1.70 bits per heavy atom. The van der Waals surface area contributed by atoms with Crippen LogP contribution in [0.5, 0.6) is 0 Å². The van der Waals surface area contributed by atoms with Crippen molar-refractivity contribution < 1.29 is 4.42 Å². The Morgan fingerprint density at radius 2 is 1.00 bits per heavy atom. The lowest BCUT2D eigenvalue weighted by molar-refractivity contribution is 0.669. The van der Waals surface area contributed by atoms with Crippen molar-refractivity contribution in [1.29, 1.82) is 0 Å². The van der Waals surface area contributed by atoms with E-state index in [1.807, 2.05) is 60.7 Å². The molecule has 57 heavy (non-hydrogen) atoms. The van der Waals surface area contributed by atoms with Gasteiger partial charge in [-0.2, -0.15) is 0 Å². The predicted molar refractivity (Wildman–Crippen MR) is 236 cm³/mol. The largest absolute Gasteiger partial charge is 0.456 e. The van der Waals surface area contributed by atoms with Crippen molar-refractivity contribution in [1.82, 2.24) is 19.5 Å². The number of rotatable bonds is 5. The molecule has 0 saturated heterocycles. The summed E-state index contributed by atoms with van der Waals surface area (Å²) in [7, 11) is 0. The van der Waals surface area contributed by atoms with E-state index in [2.05, 4.69) is 126 Å². The van der Waals surface area contributed by atoms with E-state index < -0.39 is 0 Å². The molecule has 0 amide bonds. The average Bonchev–Trinajstić information content (AvgIpc) is 3.96. The SMILES string of the molecule is c1ccc(-c2nc(-c3ccccc3)nc(-c3ccc4sc5cccc(-c6ccc7c(c6)oc6cccc(-n8c9ccccc9c9ccccc98)c67)c5c4c3)n2)cc1. The van der Waals surface area contributed by atoms with Crippen LogP contribution < -0.4 is 0 Å². The minimum Gasteiger partial charge on any atom is -0.456 e. The molecule has 6 heteroatoms. The number of fused-ring (bicyclic) bond motifs is 9. The van der Waals surface area contributed by atoms with Gasteiger partial charge in [-0.25, -0.2) is 15.0 Å². The van der Waals surface area contributed by atoms with E-state index in [1.165, 1.54) is 42.0 Å². The van der Waals surface area contributed by atoms with E-state index in [0.29, 0.717) is 17.5 Å². The van der Waals surface area contributed by atoms with Gasteiger partial charge >= 0.3 is 0 Å². The monoisotopic (exact) mass is 746 g/mol. The second kappa shape index (κ2) is 12.6. The van der Waals surface area contributed by atoms with E-state index in [-0.39, 0.29) is 0 Å². The average molecular weight is 747 g/mol. The molecule has 0 atom stereocenters. The zero-order valence-electron chi connectivity index (χ0n) is 30.4. The normalized spacial score (nSPS) is 11.9. The van der Waals surface area contributed by atoms with E-state index in [9.17, 15) is 0 Å². The van der Waals surface area contributed by atoms with Crippen LogP contribution in [0.4, 0.5) is 0 Å². The molecule has 0 bridgehead atoms. The lowest BCUT2D eigenvalue weighted by atomic mass is 9.97. The van der Waals surface area contributed by atoms with Crippen LogP contribution in [0.25, 0.3) is 115 Å². The lowest BCUT2D eigenvalue weighted by Gasteiger charge is -2.10. The predicted octanol–water partition coefficient (Wildman–Crippen LogP) is 13.9. The van der Waals surface area contributed by atoms with E-state index in [1.54, 1.807) is 11.3 Å². The number of thiophene rings is 1. The Labute approximate surface area is 330 Å². The fraction of sp³-hybridized carbons (Fsp3) is 0. The van der Waals surface area contributed by atoms with Crippen molar-refractivity contribution >= 4 is 75.3 Å². The Bertz CT molecular complexity index is 3420. The minimum atomic E-state index is 0.643. The Hall–Kier alpha value is -7.41. The summed E-state index contributed by atoms with van der Waals surface area (Å²) in [5.41, 5.74) is 10.3. The molecule has 0 fully saturated rings. The Balaban J connectivity index is 1.02. The van der Waals surface area contributed by atoms with Gasteiger partial charge in [0.05, 0.1) is 22.1 Å². The molecule has 266 valence electrons. The molecule has 4 heterocycles. The first-order valence-electron chi connectivity index (χ1n) is 19.0. The highest BCUT2D eigenvalue weighted by Crippen LogP contribution is 2.44. The number of nitrogens with zero attached hydrogens (tertiary/aromatic N) is 4. The van der Waals surface area contributed by atoms with E-state index in [4.69, 9.17) is 19.4 Å². The number of benzene rings is 8. The standard InChI is InChI=1S/C51H30N4OS/c1-3-13-31(14-4-1)49-52-50(32-15-5-2-6-16-32)54-51(53-49)34-26-28-45-39(29-34)47-35(19-11-24-46(47)57-45)33-25-27-38-44(30-33)56-43-23-12-22-42(48(38)43)55-40-20-9-7-17-36(40)37-18-8-10-21-41(37)55/h1-30H. The van der Waals surface area contributed by atoms with Gasteiger partial charge in [-0.05, 0) is 71.8 Å². The maximum atomic E-state index is 6.70. The highest BCUT2D eigenvalue weighted by Gasteiger charge is 2.20. The van der Waals surface area contributed by atoms with E-state index >= 15 is 0 Å². The molecule has 4 aromatic heterocycles. The molecule has 0 aliphatic carbocycles. The second-order valence-corrected chi connectivity index (χ2v) is 15.4. The third kappa shape index (κ3) is 5.04. The zero-order chi connectivity index (χ0) is 37.5. The number of hydrogen-bond acceptors (Lipinski definition) is 5. The third-order valence-electron chi connectivity index (χ3n) is 11.1. The number of para-hydroxylation sites is 2. The van der Waals surface area contributed by atoms with Crippen molar-refractivity contribution in [3.05, 3.63) is 182 Å². The first-order chi connectivity index (χ1) is 28.2. The lowest BCUT2D eigenvalue weighted by Crippen LogP contribution is -2.00. The summed E-state index contributed by atoms with van der Waals surface area (Å²) in [4.78, 5) is 15.0. The highest BCUT2D eigenvalue weighted by molar-refractivity contribution is 7.26. The molecule has 0 spiro atoms. The third-order valence-corrected chi connectivity index (χ3v) is 12.2. The van der Waals surface area contributed by atoms with Gasteiger partial charge < -0.3 is 8.98 Å². The minimum absolute atomic E-state index is 0.643. The topological polar surface area (TPSA) is 56.7 Å². The van der Waals surface area contributed by atoms with Crippen LogP contribution >= 0.6 is 11.3 Å². The first-order valence-corrected chi connectivity index (χ1v) is 19.8. The van der Waals surface area contributed by atoms with E-state index in [0.717, 1.165) is 55.4 Å². The van der Waals surface area contributed by atoms with Crippen molar-refractivity contribution in [2.24, 2.45) is 0 Å². The maximum absolute atomic E-state index is 6.70. The molecule has 8 aromatic carbocycles. The zero-order valence-corrected chi connectivity index (χ0v) is 31.2. The first kappa shape index (κ1) is 31.9. The van der Waals surface area contributed by atoms with Gasteiger partial charge in [0.2, 0.25) is 0 Å². The van der Waals surface area contributed by atoms with Gasteiger partial charge in [-0.1, -0.05) is 121 Å². The van der Waals surface area contributed by atoms with Crippen LogP contribution in [0.3, 0.4) is 0 Å². The molecule has 0 radical (unpaired) electrons. The summed E-state index contributed by atoms with van der Waals surface area (Å²) < 4.78 is 11.5. The fourth-order valence-corrected chi connectivity index (χ4v) is 9.60. The fourth-order valence-electron chi connectivity index (χ4n) is 8.49. The Morgan fingerprint density at radius 1 is 0.386 bits per heavy atom. The van der Waals surface area contributed by atoms with Crippen molar-refractivity contribution in [2.75, 3.05) is 0 Å². The van der Waals surface area contributed by atoms with Gasteiger partial charge in [0, 0.05) is 53.0 Å². The second-order valence-electron chi connectivity index (χ2n) is 14.4. The molecule has 5 nitrogen and oxygen atoms in total. The number of aromatic nitrogens is 4. The molecule has 0 N–H and O–H groups in total. The molecular formula is C51H30N4OS. The summed E-state index contributed by atoms with van der Waals surface area (Å²) in [6, 6.07) is 63.7. The molecular weight excluding hydrogens is 717 g/mol. The summed E-state index contributed by atoms with van der Waals surface area (Å²) in [5, 5.41) is 7.06. The van der Waals surface area contributed by atoms with Gasteiger partial charge in [-0.15, -0.1) is 11.3 Å². The van der Waals surface area contributed by atoms with Crippen molar-refractivity contribution in [2.45, 2.75) is 0 Å². The van der Waals surface area contributed by atoms with Gasteiger partial charge in [0.1, 0.15) is 11.2 Å². The highest BCUT2D eigenvalue weighted by atomic mass is 32.1. The summed E-state index contributed by atoms with van der Waals surface area (Å²) in [5.74, 6) is 1.94. The number of hydrogen-bond donors (Lipinski definition) is 0. The van der Waals surface area contributed by atoms with Crippen LogP contribution in [-0.2, 0) is 0 Å². The van der Waals surface area contributed by atoms with Crippen molar-refractivity contribution in [3.63, 3.8) is 0 Å². The molecule has 0 aliphatic heterocycles. The summed E-state index contributed by atoms with van der Waals surface area (Å²) >= 11 is 1.80. The van der Waals surface area contributed by atoms with Crippen LogP contribution in [0.1, 0.15) is 0 Å². The number of furan rings is 1.